The van der Waals surface area contributed by atoms with Gasteiger partial charge in [0.1, 0.15) is 0 Å². The number of carbonyl (C=O) groups excluding carboxylic acids is 1. The minimum atomic E-state index is 0.262. The van der Waals surface area contributed by atoms with Crippen LogP contribution in [-0.2, 0) is 24.4 Å². The third-order valence-electron chi connectivity index (χ3n) is 4.44. The van der Waals surface area contributed by atoms with Crippen LogP contribution in [0.5, 0.6) is 0 Å². The summed E-state index contributed by atoms with van der Waals surface area (Å²) >= 11 is 1.69. The Bertz CT molecular complexity index is 742. The zero-order valence-electron chi connectivity index (χ0n) is 15.2. The summed E-state index contributed by atoms with van der Waals surface area (Å²) in [5.41, 5.74) is 3.62. The van der Waals surface area contributed by atoms with Crippen LogP contribution in [0.4, 0.5) is 0 Å². The van der Waals surface area contributed by atoms with E-state index in [2.05, 4.69) is 51.5 Å². The van der Waals surface area contributed by atoms with Crippen molar-refractivity contribution in [3.05, 3.63) is 57.8 Å². The SMILES string of the molecule is CCNC(=NCc1ccsc1)NCc1ccccc1CN1CCCC1=O. The average molecular weight is 371 g/mol. The Morgan fingerprint density at radius 2 is 2.08 bits per heavy atom. The summed E-state index contributed by atoms with van der Waals surface area (Å²) in [5.74, 6) is 1.07. The highest BCUT2D eigenvalue weighted by molar-refractivity contribution is 7.07. The van der Waals surface area contributed by atoms with Crippen LogP contribution in [0.3, 0.4) is 0 Å². The van der Waals surface area contributed by atoms with E-state index in [1.54, 1.807) is 11.3 Å². The molecule has 3 rings (SSSR count). The van der Waals surface area contributed by atoms with Gasteiger partial charge >= 0.3 is 0 Å². The second-order valence-corrected chi connectivity index (χ2v) is 7.15. The molecule has 0 spiro atoms. The number of benzene rings is 1. The fourth-order valence-corrected chi connectivity index (χ4v) is 3.69. The first-order valence-corrected chi connectivity index (χ1v) is 10.1. The first-order valence-electron chi connectivity index (χ1n) is 9.14. The van der Waals surface area contributed by atoms with E-state index in [4.69, 9.17) is 0 Å². The van der Waals surface area contributed by atoms with Gasteiger partial charge in [-0.2, -0.15) is 11.3 Å². The van der Waals surface area contributed by atoms with E-state index in [1.165, 1.54) is 16.7 Å². The lowest BCUT2D eigenvalue weighted by Crippen LogP contribution is -2.37. The number of rotatable bonds is 7. The largest absolute Gasteiger partial charge is 0.357 e. The summed E-state index contributed by atoms with van der Waals surface area (Å²) in [6, 6.07) is 10.4. The number of hydrogen-bond donors (Lipinski definition) is 2. The molecule has 1 fully saturated rings. The van der Waals surface area contributed by atoms with Gasteiger partial charge in [0, 0.05) is 32.6 Å². The van der Waals surface area contributed by atoms with Crippen molar-refractivity contribution in [3.63, 3.8) is 0 Å². The van der Waals surface area contributed by atoms with Crippen molar-refractivity contribution >= 4 is 23.2 Å². The molecule has 2 N–H and O–H groups in total. The smallest absolute Gasteiger partial charge is 0.222 e. The van der Waals surface area contributed by atoms with Crippen molar-refractivity contribution < 1.29 is 4.79 Å². The monoisotopic (exact) mass is 370 g/mol. The van der Waals surface area contributed by atoms with E-state index in [-0.39, 0.29) is 5.91 Å². The third-order valence-corrected chi connectivity index (χ3v) is 5.17. The predicted molar refractivity (Wildman–Crippen MR) is 107 cm³/mol. The Balaban J connectivity index is 1.63. The zero-order valence-corrected chi connectivity index (χ0v) is 16.0. The second-order valence-electron chi connectivity index (χ2n) is 6.37. The zero-order chi connectivity index (χ0) is 18.2. The molecule has 0 radical (unpaired) electrons. The summed E-state index contributed by atoms with van der Waals surface area (Å²) in [6.07, 6.45) is 1.65. The fourth-order valence-electron chi connectivity index (χ4n) is 3.03. The first-order chi connectivity index (χ1) is 12.8. The van der Waals surface area contributed by atoms with Crippen LogP contribution in [-0.4, -0.2) is 29.9 Å². The average Bonchev–Trinajstić information content (AvgIpc) is 3.31. The molecule has 1 aromatic carbocycles. The lowest BCUT2D eigenvalue weighted by Gasteiger charge is -2.19. The van der Waals surface area contributed by atoms with E-state index in [0.717, 1.165) is 25.5 Å². The molecular formula is C20H26N4OS. The molecule has 0 bridgehead atoms. The lowest BCUT2D eigenvalue weighted by atomic mass is 10.1. The summed E-state index contributed by atoms with van der Waals surface area (Å²) in [4.78, 5) is 18.5. The van der Waals surface area contributed by atoms with E-state index in [0.29, 0.717) is 26.1 Å². The van der Waals surface area contributed by atoms with Crippen molar-refractivity contribution in [2.24, 2.45) is 4.99 Å². The number of hydrogen-bond acceptors (Lipinski definition) is 3. The predicted octanol–water partition coefficient (Wildman–Crippen LogP) is 3.13. The maximum absolute atomic E-state index is 11.9. The lowest BCUT2D eigenvalue weighted by molar-refractivity contribution is -0.128. The van der Waals surface area contributed by atoms with Crippen LogP contribution in [0.1, 0.15) is 36.5 Å². The second kappa shape index (κ2) is 9.38. The van der Waals surface area contributed by atoms with Gasteiger partial charge in [-0.25, -0.2) is 4.99 Å². The first kappa shape index (κ1) is 18.5. The molecule has 0 atom stereocenters. The molecule has 5 nitrogen and oxygen atoms in total. The molecule has 26 heavy (non-hydrogen) atoms. The summed E-state index contributed by atoms with van der Waals surface area (Å²) in [5, 5.41) is 10.9. The molecule has 2 heterocycles. The Hall–Kier alpha value is -2.34. The van der Waals surface area contributed by atoms with E-state index >= 15 is 0 Å². The highest BCUT2D eigenvalue weighted by atomic mass is 32.1. The number of nitrogens with one attached hydrogen (secondary N) is 2. The van der Waals surface area contributed by atoms with Crippen LogP contribution in [0.2, 0.25) is 0 Å². The van der Waals surface area contributed by atoms with Gasteiger partial charge in [0.05, 0.1) is 6.54 Å². The molecule has 138 valence electrons. The minimum absolute atomic E-state index is 0.262. The molecule has 2 aromatic rings. The maximum atomic E-state index is 11.9. The highest BCUT2D eigenvalue weighted by Gasteiger charge is 2.20. The molecule has 6 heteroatoms. The highest BCUT2D eigenvalue weighted by Crippen LogP contribution is 2.17. The Morgan fingerprint density at radius 1 is 1.23 bits per heavy atom. The topological polar surface area (TPSA) is 56.7 Å². The van der Waals surface area contributed by atoms with E-state index in [9.17, 15) is 4.79 Å². The van der Waals surface area contributed by atoms with Gasteiger partial charge in [0.25, 0.3) is 0 Å². The van der Waals surface area contributed by atoms with Crippen molar-refractivity contribution in [1.29, 1.82) is 0 Å². The summed E-state index contributed by atoms with van der Waals surface area (Å²) in [6.45, 7) is 5.80. The van der Waals surface area contributed by atoms with Crippen molar-refractivity contribution in [2.75, 3.05) is 13.1 Å². The summed E-state index contributed by atoms with van der Waals surface area (Å²) < 4.78 is 0. The van der Waals surface area contributed by atoms with Gasteiger partial charge in [0.15, 0.2) is 5.96 Å². The van der Waals surface area contributed by atoms with Gasteiger partial charge in [-0.05, 0) is 46.9 Å². The van der Waals surface area contributed by atoms with Gasteiger partial charge in [-0.1, -0.05) is 24.3 Å². The number of guanidine groups is 1. The summed E-state index contributed by atoms with van der Waals surface area (Å²) in [7, 11) is 0. The molecule has 1 aliphatic heterocycles. The van der Waals surface area contributed by atoms with Crippen LogP contribution in [0, 0.1) is 0 Å². The Kier molecular flexibility index (Phi) is 6.66. The number of aliphatic imine (C=N–C) groups is 1. The molecular weight excluding hydrogens is 344 g/mol. The molecule has 0 aliphatic carbocycles. The standard InChI is InChI=1S/C20H26N4OS/c1-2-21-20(22-12-16-9-11-26-15-16)23-13-17-6-3-4-7-18(17)14-24-10-5-8-19(24)25/h3-4,6-7,9,11,15H,2,5,8,10,12-14H2,1H3,(H2,21,22,23). The third kappa shape index (κ3) is 5.08. The van der Waals surface area contributed by atoms with Gasteiger partial charge in [0.2, 0.25) is 5.91 Å². The number of nitrogens with zero attached hydrogens (tertiary/aromatic N) is 2. The van der Waals surface area contributed by atoms with Gasteiger partial charge < -0.3 is 15.5 Å². The van der Waals surface area contributed by atoms with Crippen molar-refractivity contribution in [2.45, 2.75) is 39.4 Å². The number of thiophene rings is 1. The molecule has 1 amide bonds. The van der Waals surface area contributed by atoms with Crippen molar-refractivity contribution in [1.82, 2.24) is 15.5 Å². The van der Waals surface area contributed by atoms with E-state index < -0.39 is 0 Å². The van der Waals surface area contributed by atoms with Gasteiger partial charge in [-0.15, -0.1) is 0 Å². The number of likely N-dealkylation sites (tertiary alicyclic amines) is 1. The van der Waals surface area contributed by atoms with Crippen LogP contribution in [0.15, 0.2) is 46.1 Å². The van der Waals surface area contributed by atoms with Crippen molar-refractivity contribution in [3.8, 4) is 0 Å². The molecule has 1 saturated heterocycles. The van der Waals surface area contributed by atoms with E-state index in [1.807, 2.05) is 17.0 Å². The molecule has 0 saturated carbocycles. The van der Waals surface area contributed by atoms with Gasteiger partial charge in [-0.3, -0.25) is 4.79 Å². The Labute approximate surface area is 159 Å². The van der Waals surface area contributed by atoms with Crippen LogP contribution >= 0.6 is 11.3 Å². The number of amides is 1. The quantitative estimate of drug-likeness (QED) is 0.582. The maximum Gasteiger partial charge on any atom is 0.222 e. The minimum Gasteiger partial charge on any atom is -0.357 e. The molecule has 1 aliphatic rings. The fraction of sp³-hybridized carbons (Fsp3) is 0.400. The van der Waals surface area contributed by atoms with Crippen LogP contribution < -0.4 is 10.6 Å². The van der Waals surface area contributed by atoms with Crippen LogP contribution in [0.25, 0.3) is 0 Å². The normalized spacial score (nSPS) is 14.7. The molecule has 0 unspecified atom stereocenters. The molecule has 1 aromatic heterocycles. The number of carbonyl (C=O) groups is 1. The Morgan fingerprint density at radius 3 is 2.77 bits per heavy atom.